The Bertz CT molecular complexity index is 745. The number of hydrogen-bond acceptors (Lipinski definition) is 5. The predicted octanol–water partition coefficient (Wildman–Crippen LogP) is 1.90. The second-order valence-electron chi connectivity index (χ2n) is 6.05. The van der Waals surface area contributed by atoms with Crippen molar-refractivity contribution in [1.29, 1.82) is 0 Å². The van der Waals surface area contributed by atoms with Gasteiger partial charge in [-0.15, -0.1) is 11.8 Å². The van der Waals surface area contributed by atoms with E-state index in [0.717, 1.165) is 12.1 Å². The lowest BCUT2D eigenvalue weighted by molar-refractivity contribution is -0.155. The van der Waals surface area contributed by atoms with Crippen molar-refractivity contribution in [2.45, 2.75) is 30.7 Å². The Kier molecular flexibility index (Phi) is 4.68. The van der Waals surface area contributed by atoms with Gasteiger partial charge in [-0.3, -0.25) is 9.59 Å². The molecule has 1 aromatic rings. The highest BCUT2D eigenvalue weighted by atomic mass is 32.2. The van der Waals surface area contributed by atoms with Gasteiger partial charge in [0.2, 0.25) is 5.91 Å². The van der Waals surface area contributed by atoms with E-state index in [9.17, 15) is 23.2 Å². The van der Waals surface area contributed by atoms with Gasteiger partial charge in [0, 0.05) is 23.9 Å². The average Bonchev–Trinajstić information content (AvgIpc) is 3.05. The van der Waals surface area contributed by atoms with Crippen LogP contribution < -0.4 is 5.32 Å². The fourth-order valence-electron chi connectivity index (χ4n) is 3.00. The number of benzene rings is 1. The summed E-state index contributed by atoms with van der Waals surface area (Å²) >= 11 is 1.52. The highest BCUT2D eigenvalue weighted by Gasteiger charge is 2.53. The fourth-order valence-corrected chi connectivity index (χ4v) is 4.42. The van der Waals surface area contributed by atoms with E-state index in [4.69, 9.17) is 4.74 Å². The molecular weight excluding hydrogens is 354 g/mol. The number of rotatable bonds is 4. The Morgan fingerprint density at radius 1 is 1.40 bits per heavy atom. The monoisotopic (exact) mass is 370 g/mol. The Labute approximate surface area is 146 Å². The normalized spacial score (nSPS) is 25.0. The minimum atomic E-state index is -1.09. The third-order valence-corrected chi connectivity index (χ3v) is 5.77. The van der Waals surface area contributed by atoms with E-state index < -0.39 is 41.0 Å². The molecule has 9 heteroatoms. The Morgan fingerprint density at radius 3 is 2.88 bits per heavy atom. The molecule has 3 rings (SSSR count). The van der Waals surface area contributed by atoms with Gasteiger partial charge in [-0.25, -0.2) is 13.6 Å². The smallest absolute Gasteiger partial charge is 0.330 e. The minimum absolute atomic E-state index is 0.0543. The third-order valence-electron chi connectivity index (χ3n) is 4.27. The van der Waals surface area contributed by atoms with Gasteiger partial charge in [0.15, 0.2) is 18.2 Å². The van der Waals surface area contributed by atoms with Gasteiger partial charge < -0.3 is 15.0 Å². The van der Waals surface area contributed by atoms with Gasteiger partial charge in [-0.05, 0) is 25.5 Å². The zero-order valence-corrected chi connectivity index (χ0v) is 14.2. The van der Waals surface area contributed by atoms with Crippen LogP contribution in [0.1, 0.15) is 19.8 Å². The number of nitrogens with zero attached hydrogens (tertiary/aromatic N) is 1. The molecular formula is C16H16F2N2O4S. The van der Waals surface area contributed by atoms with Crippen LogP contribution >= 0.6 is 11.8 Å². The molecule has 2 heterocycles. The van der Waals surface area contributed by atoms with Crippen LogP contribution in [0.25, 0.3) is 0 Å². The summed E-state index contributed by atoms with van der Waals surface area (Å²) < 4.78 is 30.9. The van der Waals surface area contributed by atoms with Gasteiger partial charge in [-0.1, -0.05) is 0 Å². The van der Waals surface area contributed by atoms with Crippen molar-refractivity contribution in [1.82, 2.24) is 4.90 Å². The van der Waals surface area contributed by atoms with Crippen molar-refractivity contribution in [2.75, 3.05) is 17.7 Å². The summed E-state index contributed by atoms with van der Waals surface area (Å²) in [7, 11) is 0. The predicted molar refractivity (Wildman–Crippen MR) is 86.7 cm³/mol. The van der Waals surface area contributed by atoms with Crippen LogP contribution in [-0.2, 0) is 19.1 Å². The maximum absolute atomic E-state index is 13.1. The number of halogens is 2. The van der Waals surface area contributed by atoms with Crippen LogP contribution in [0.2, 0.25) is 0 Å². The highest BCUT2D eigenvalue weighted by Crippen LogP contribution is 2.47. The average molecular weight is 370 g/mol. The number of fused-ring (bicyclic) bond motifs is 1. The molecule has 0 saturated carbocycles. The van der Waals surface area contributed by atoms with E-state index in [-0.39, 0.29) is 11.6 Å². The zero-order valence-electron chi connectivity index (χ0n) is 13.4. The van der Waals surface area contributed by atoms with E-state index in [1.165, 1.54) is 22.7 Å². The molecule has 134 valence electrons. The summed E-state index contributed by atoms with van der Waals surface area (Å²) in [6, 6.07) is 2.20. The first-order valence-electron chi connectivity index (χ1n) is 7.68. The second kappa shape index (κ2) is 6.62. The topological polar surface area (TPSA) is 75.7 Å². The van der Waals surface area contributed by atoms with Crippen molar-refractivity contribution in [3.05, 3.63) is 29.8 Å². The lowest BCUT2D eigenvalue weighted by Gasteiger charge is -2.29. The molecule has 0 unspecified atom stereocenters. The molecule has 2 aliphatic heterocycles. The van der Waals surface area contributed by atoms with Crippen molar-refractivity contribution < 1.29 is 27.9 Å². The molecule has 2 fully saturated rings. The molecule has 2 aliphatic rings. The molecule has 0 aliphatic carbocycles. The van der Waals surface area contributed by atoms with Crippen LogP contribution in [0.4, 0.5) is 14.5 Å². The summed E-state index contributed by atoms with van der Waals surface area (Å²) in [6.07, 6.45) is 1.07. The van der Waals surface area contributed by atoms with E-state index in [1.807, 2.05) is 6.92 Å². The van der Waals surface area contributed by atoms with Crippen molar-refractivity contribution in [3.63, 3.8) is 0 Å². The van der Waals surface area contributed by atoms with Gasteiger partial charge >= 0.3 is 5.97 Å². The standard InChI is InChI=1S/C16H16F2N2O4S/c1-16-5-4-14(22)20(16)12(8-25-16)15(23)24-7-13(21)19-9-2-3-10(17)11(18)6-9/h2-3,6,12H,4-5,7-8H2,1H3,(H,19,21)/t12-,16+/m0/s1. The molecule has 2 amide bonds. The largest absolute Gasteiger partial charge is 0.454 e. The Balaban J connectivity index is 1.54. The second-order valence-corrected chi connectivity index (χ2v) is 7.55. The Morgan fingerprint density at radius 2 is 2.16 bits per heavy atom. The van der Waals surface area contributed by atoms with E-state index >= 15 is 0 Å². The number of amides is 2. The lowest BCUT2D eigenvalue weighted by atomic mass is 10.2. The summed E-state index contributed by atoms with van der Waals surface area (Å²) in [5, 5.41) is 2.31. The van der Waals surface area contributed by atoms with Gasteiger partial charge in [-0.2, -0.15) is 0 Å². The van der Waals surface area contributed by atoms with Gasteiger partial charge in [0.25, 0.3) is 5.91 Å². The number of hydrogen-bond donors (Lipinski definition) is 1. The molecule has 2 saturated heterocycles. The SMILES string of the molecule is C[C@@]12CCC(=O)N1[C@H](C(=O)OCC(=O)Nc1ccc(F)c(F)c1)CS2. The first-order chi connectivity index (χ1) is 11.8. The maximum atomic E-state index is 13.1. The number of nitrogens with one attached hydrogen (secondary N) is 1. The molecule has 1 aromatic carbocycles. The molecule has 6 nitrogen and oxygen atoms in total. The number of carbonyl (C=O) groups excluding carboxylic acids is 3. The van der Waals surface area contributed by atoms with Crippen LogP contribution in [-0.4, -0.2) is 46.0 Å². The number of anilines is 1. The third kappa shape index (κ3) is 3.46. The molecule has 0 radical (unpaired) electrons. The molecule has 0 bridgehead atoms. The molecule has 25 heavy (non-hydrogen) atoms. The van der Waals surface area contributed by atoms with Crippen molar-refractivity contribution in [2.24, 2.45) is 0 Å². The van der Waals surface area contributed by atoms with E-state index in [1.54, 1.807) is 0 Å². The van der Waals surface area contributed by atoms with Crippen LogP contribution in [0.5, 0.6) is 0 Å². The number of thioether (sulfide) groups is 1. The van der Waals surface area contributed by atoms with Crippen LogP contribution in [0.3, 0.4) is 0 Å². The highest BCUT2D eigenvalue weighted by molar-refractivity contribution is 8.01. The summed E-state index contributed by atoms with van der Waals surface area (Å²) in [6.45, 7) is 1.34. The van der Waals surface area contributed by atoms with E-state index in [2.05, 4.69) is 5.32 Å². The maximum Gasteiger partial charge on any atom is 0.330 e. The first-order valence-corrected chi connectivity index (χ1v) is 8.66. The quantitative estimate of drug-likeness (QED) is 0.820. The molecule has 0 spiro atoms. The number of carbonyl (C=O) groups is 3. The van der Waals surface area contributed by atoms with E-state index in [0.29, 0.717) is 18.6 Å². The summed E-state index contributed by atoms with van der Waals surface area (Å²) in [5.74, 6) is -3.12. The lowest BCUT2D eigenvalue weighted by Crippen LogP contribution is -2.47. The molecule has 1 N–H and O–H groups in total. The van der Waals surface area contributed by atoms with Gasteiger partial charge in [0.05, 0.1) is 4.87 Å². The summed E-state index contributed by atoms with van der Waals surface area (Å²) in [4.78, 5) is 37.1. The molecule has 2 atom stereocenters. The van der Waals surface area contributed by atoms with Gasteiger partial charge in [0.1, 0.15) is 6.04 Å². The Hall–Kier alpha value is -2.16. The molecule has 0 aromatic heterocycles. The number of ether oxygens (including phenoxy) is 1. The van der Waals surface area contributed by atoms with Crippen LogP contribution in [0.15, 0.2) is 18.2 Å². The van der Waals surface area contributed by atoms with Crippen LogP contribution in [0, 0.1) is 11.6 Å². The fraction of sp³-hybridized carbons (Fsp3) is 0.438. The number of esters is 1. The van der Waals surface area contributed by atoms with Crippen molar-refractivity contribution in [3.8, 4) is 0 Å². The van der Waals surface area contributed by atoms with Crippen molar-refractivity contribution >= 4 is 35.2 Å². The minimum Gasteiger partial charge on any atom is -0.454 e. The summed E-state index contributed by atoms with van der Waals surface area (Å²) in [5.41, 5.74) is 0.0543. The zero-order chi connectivity index (χ0) is 18.2. The first kappa shape index (κ1) is 17.7.